The molecule has 0 aliphatic heterocycles. The van der Waals surface area contributed by atoms with E-state index in [4.69, 9.17) is 0 Å². The summed E-state index contributed by atoms with van der Waals surface area (Å²) in [5.41, 5.74) is 1.13. The molecule has 0 aliphatic carbocycles. The maximum atomic E-state index is 12.1. The Bertz CT molecular complexity index is 356. The van der Waals surface area contributed by atoms with Crippen LogP contribution in [0.15, 0.2) is 9.85 Å². The van der Waals surface area contributed by atoms with E-state index in [1.165, 1.54) is 0 Å². The molecule has 0 fully saturated rings. The van der Waals surface area contributed by atoms with Crippen LogP contribution in [0, 0.1) is 6.92 Å². The lowest BCUT2D eigenvalue weighted by Crippen LogP contribution is -2.20. The van der Waals surface area contributed by atoms with Crippen LogP contribution < -0.4 is 5.32 Å². The molecule has 1 heterocycles. The van der Waals surface area contributed by atoms with Gasteiger partial charge < -0.3 is 5.32 Å². The highest BCUT2D eigenvalue weighted by molar-refractivity contribution is 9.11. The Morgan fingerprint density at radius 1 is 1.44 bits per heavy atom. The highest BCUT2D eigenvalue weighted by atomic mass is 79.9. The Hall–Kier alpha value is -0.0700. The van der Waals surface area contributed by atoms with Crippen LogP contribution in [0.2, 0.25) is 0 Å². The first-order valence-corrected chi connectivity index (χ1v) is 7.50. The smallest absolute Gasteiger partial charge is 0.310 e. The van der Waals surface area contributed by atoms with Crippen molar-refractivity contribution in [1.29, 1.82) is 0 Å². The summed E-state index contributed by atoms with van der Waals surface area (Å²) in [7, 11) is 0. The maximum absolute atomic E-state index is 12.1. The summed E-state index contributed by atoms with van der Waals surface area (Å²) in [5.74, 6) is 0. The topological polar surface area (TPSA) is 12.0 Å². The number of thiophene rings is 1. The SMILES string of the molecule is CCNC(CCCC(F)(F)F)c1cc(C)c(Br)s1. The monoisotopic (exact) mass is 343 g/mol. The van der Waals surface area contributed by atoms with Gasteiger partial charge in [0.25, 0.3) is 0 Å². The summed E-state index contributed by atoms with van der Waals surface area (Å²) < 4.78 is 37.5. The molecule has 1 aromatic heterocycles. The van der Waals surface area contributed by atoms with Crippen LogP contribution in [-0.4, -0.2) is 12.7 Å². The van der Waals surface area contributed by atoms with Gasteiger partial charge in [0.05, 0.1) is 3.79 Å². The lowest BCUT2D eigenvalue weighted by atomic mass is 10.1. The van der Waals surface area contributed by atoms with Crippen LogP contribution in [0.4, 0.5) is 13.2 Å². The fourth-order valence-electron chi connectivity index (χ4n) is 1.75. The fraction of sp³-hybridized carbons (Fsp3) is 0.667. The molecule has 1 N–H and O–H groups in total. The molecular formula is C12H17BrF3NS. The standard InChI is InChI=1S/C12H17BrF3NS/c1-3-17-9(5-4-6-12(14,15)16)10-7-8(2)11(13)18-10/h7,9,17H,3-6H2,1-2H3. The minimum absolute atomic E-state index is 0.0207. The molecule has 0 saturated carbocycles. The number of alkyl halides is 3. The van der Waals surface area contributed by atoms with Gasteiger partial charge in [0.15, 0.2) is 0 Å². The van der Waals surface area contributed by atoms with E-state index in [-0.39, 0.29) is 12.5 Å². The van der Waals surface area contributed by atoms with Gasteiger partial charge in [0.2, 0.25) is 0 Å². The molecule has 1 nitrogen and oxygen atoms in total. The molecule has 104 valence electrons. The summed E-state index contributed by atoms with van der Waals surface area (Å²) >= 11 is 5.04. The minimum Gasteiger partial charge on any atom is -0.310 e. The Labute approximate surface area is 118 Å². The first kappa shape index (κ1) is 16.0. The van der Waals surface area contributed by atoms with Crippen molar-refractivity contribution in [2.45, 2.75) is 45.3 Å². The Balaban J connectivity index is 2.60. The van der Waals surface area contributed by atoms with Crippen LogP contribution in [0.3, 0.4) is 0 Å². The highest BCUT2D eigenvalue weighted by Crippen LogP contribution is 2.34. The van der Waals surface area contributed by atoms with Crippen LogP contribution in [0.1, 0.15) is 42.7 Å². The van der Waals surface area contributed by atoms with Crippen molar-refractivity contribution >= 4 is 27.3 Å². The van der Waals surface area contributed by atoms with Gasteiger partial charge in [-0.15, -0.1) is 11.3 Å². The zero-order valence-corrected chi connectivity index (χ0v) is 12.8. The van der Waals surface area contributed by atoms with Gasteiger partial charge in [-0.25, -0.2) is 0 Å². The quantitative estimate of drug-likeness (QED) is 0.748. The van der Waals surface area contributed by atoms with E-state index in [0.717, 1.165) is 20.8 Å². The van der Waals surface area contributed by atoms with Crippen LogP contribution in [0.5, 0.6) is 0 Å². The lowest BCUT2D eigenvalue weighted by Gasteiger charge is -2.16. The lowest BCUT2D eigenvalue weighted by molar-refractivity contribution is -0.135. The predicted octanol–water partition coefficient (Wildman–Crippen LogP) is 5.20. The van der Waals surface area contributed by atoms with E-state index >= 15 is 0 Å². The molecule has 6 heteroatoms. The second-order valence-electron chi connectivity index (χ2n) is 4.22. The fourth-order valence-corrected chi connectivity index (χ4v) is 3.43. The van der Waals surface area contributed by atoms with Crippen molar-refractivity contribution in [3.05, 3.63) is 20.3 Å². The van der Waals surface area contributed by atoms with Crippen LogP contribution >= 0.6 is 27.3 Å². The molecular weight excluding hydrogens is 327 g/mol. The van der Waals surface area contributed by atoms with Crippen molar-refractivity contribution in [1.82, 2.24) is 5.32 Å². The number of hydrogen-bond donors (Lipinski definition) is 1. The summed E-state index contributed by atoms with van der Waals surface area (Å²) in [6.45, 7) is 4.71. The number of nitrogens with one attached hydrogen (secondary N) is 1. The van der Waals surface area contributed by atoms with Gasteiger partial charge in [-0.05, 0) is 53.9 Å². The zero-order valence-electron chi connectivity index (χ0n) is 10.4. The summed E-state index contributed by atoms with van der Waals surface area (Å²) in [6, 6.07) is 2.06. The summed E-state index contributed by atoms with van der Waals surface area (Å²) in [5, 5.41) is 3.25. The summed E-state index contributed by atoms with van der Waals surface area (Å²) in [4.78, 5) is 1.10. The summed E-state index contributed by atoms with van der Waals surface area (Å²) in [6.07, 6.45) is -4.08. The van der Waals surface area contributed by atoms with Crippen LogP contribution in [-0.2, 0) is 0 Å². The van der Waals surface area contributed by atoms with Crippen molar-refractivity contribution in [3.8, 4) is 0 Å². The van der Waals surface area contributed by atoms with E-state index in [0.29, 0.717) is 6.42 Å². The number of hydrogen-bond acceptors (Lipinski definition) is 2. The Kier molecular flexibility index (Phi) is 6.14. The maximum Gasteiger partial charge on any atom is 0.389 e. The molecule has 1 aromatic rings. The number of aryl methyl sites for hydroxylation is 1. The van der Waals surface area contributed by atoms with Crippen molar-refractivity contribution in [2.75, 3.05) is 6.54 Å². The van der Waals surface area contributed by atoms with E-state index in [2.05, 4.69) is 21.2 Å². The number of halogens is 4. The average Bonchev–Trinajstić information content (AvgIpc) is 2.56. The second-order valence-corrected chi connectivity index (χ2v) is 6.62. The third-order valence-corrected chi connectivity index (χ3v) is 4.87. The van der Waals surface area contributed by atoms with E-state index in [1.54, 1.807) is 11.3 Å². The van der Waals surface area contributed by atoms with Gasteiger partial charge in [-0.1, -0.05) is 6.92 Å². The molecule has 0 saturated heterocycles. The molecule has 1 atom stereocenters. The normalized spacial score (nSPS) is 13.9. The van der Waals surface area contributed by atoms with Crippen molar-refractivity contribution < 1.29 is 13.2 Å². The third kappa shape index (κ3) is 5.28. The molecule has 0 aromatic carbocycles. The molecule has 0 amide bonds. The molecule has 0 spiro atoms. The van der Waals surface area contributed by atoms with Crippen LogP contribution in [0.25, 0.3) is 0 Å². The van der Waals surface area contributed by atoms with Crippen molar-refractivity contribution in [2.24, 2.45) is 0 Å². The Morgan fingerprint density at radius 2 is 2.11 bits per heavy atom. The van der Waals surface area contributed by atoms with E-state index < -0.39 is 12.6 Å². The third-order valence-electron chi connectivity index (χ3n) is 2.62. The largest absolute Gasteiger partial charge is 0.389 e. The molecule has 1 unspecified atom stereocenters. The van der Waals surface area contributed by atoms with E-state index in [9.17, 15) is 13.2 Å². The Morgan fingerprint density at radius 3 is 2.56 bits per heavy atom. The zero-order chi connectivity index (χ0) is 13.8. The van der Waals surface area contributed by atoms with Crippen molar-refractivity contribution in [3.63, 3.8) is 0 Å². The molecule has 0 bridgehead atoms. The minimum atomic E-state index is -4.05. The van der Waals surface area contributed by atoms with Gasteiger partial charge in [-0.3, -0.25) is 0 Å². The first-order valence-electron chi connectivity index (χ1n) is 5.89. The van der Waals surface area contributed by atoms with Gasteiger partial charge in [-0.2, -0.15) is 13.2 Å². The molecule has 0 aliphatic rings. The highest BCUT2D eigenvalue weighted by Gasteiger charge is 2.27. The second kappa shape index (κ2) is 6.91. The predicted molar refractivity (Wildman–Crippen MR) is 73.1 cm³/mol. The molecule has 18 heavy (non-hydrogen) atoms. The van der Waals surface area contributed by atoms with Gasteiger partial charge >= 0.3 is 6.18 Å². The van der Waals surface area contributed by atoms with Gasteiger partial charge in [0.1, 0.15) is 0 Å². The first-order chi connectivity index (χ1) is 8.33. The van der Waals surface area contributed by atoms with E-state index in [1.807, 2.05) is 19.9 Å². The number of rotatable bonds is 6. The average molecular weight is 344 g/mol. The molecule has 1 rings (SSSR count). The molecule has 0 radical (unpaired) electrons. The van der Waals surface area contributed by atoms with Gasteiger partial charge in [0, 0.05) is 17.3 Å².